The highest BCUT2D eigenvalue weighted by molar-refractivity contribution is 6.35. The molecule has 0 bridgehead atoms. The third-order valence-corrected chi connectivity index (χ3v) is 7.29. The molecule has 4 rings (SSSR count). The Morgan fingerprint density at radius 3 is 2.70 bits per heavy atom. The Balaban J connectivity index is 1.81. The van der Waals surface area contributed by atoms with Crippen molar-refractivity contribution in [1.29, 1.82) is 5.26 Å². The molecule has 1 aromatic carbocycles. The molecule has 1 aliphatic heterocycles. The lowest BCUT2D eigenvalue weighted by atomic mass is 9.96. The molecule has 0 saturated heterocycles. The minimum absolute atomic E-state index is 0.0565. The molecule has 1 fully saturated rings. The smallest absolute Gasteiger partial charge is 0.228 e. The fraction of sp³-hybridized carbons (Fsp3) is 0.414. The number of rotatable bonds is 9. The zero-order chi connectivity index (χ0) is 29.4. The van der Waals surface area contributed by atoms with E-state index in [0.717, 1.165) is 12.8 Å². The van der Waals surface area contributed by atoms with Gasteiger partial charge in [0.25, 0.3) is 0 Å². The molecule has 1 aliphatic carbocycles. The molecule has 0 amide bonds. The topological polar surface area (TPSA) is 100 Å². The van der Waals surface area contributed by atoms with Gasteiger partial charge in [0.05, 0.1) is 33.4 Å². The normalized spacial score (nSPS) is 17.9. The Hall–Kier alpha value is -3.68. The maximum absolute atomic E-state index is 15.8. The first-order chi connectivity index (χ1) is 18.8. The van der Waals surface area contributed by atoms with Gasteiger partial charge in [0, 0.05) is 29.5 Å². The van der Waals surface area contributed by atoms with Crippen LogP contribution in [0.2, 0.25) is 5.02 Å². The van der Waals surface area contributed by atoms with Crippen LogP contribution in [0, 0.1) is 16.7 Å². The molecule has 0 unspecified atom stereocenters. The lowest BCUT2D eigenvalue weighted by molar-refractivity contribution is 0.136. The van der Waals surface area contributed by atoms with Crippen molar-refractivity contribution in [3.05, 3.63) is 64.7 Å². The van der Waals surface area contributed by atoms with Crippen LogP contribution in [-0.2, 0) is 0 Å². The number of halogens is 3. The van der Waals surface area contributed by atoms with Crippen molar-refractivity contribution in [1.82, 2.24) is 21.0 Å². The molecule has 2 aliphatic rings. The Labute approximate surface area is 238 Å². The van der Waals surface area contributed by atoms with Gasteiger partial charge in [0.15, 0.2) is 0 Å². The maximum atomic E-state index is 15.8. The van der Waals surface area contributed by atoms with Gasteiger partial charge < -0.3 is 16.1 Å². The quantitative estimate of drug-likeness (QED) is 0.194. The van der Waals surface area contributed by atoms with Crippen molar-refractivity contribution in [3.63, 3.8) is 0 Å². The van der Waals surface area contributed by atoms with Crippen LogP contribution in [-0.4, -0.2) is 33.8 Å². The fourth-order valence-corrected chi connectivity index (χ4v) is 4.55. The van der Waals surface area contributed by atoms with E-state index in [0.29, 0.717) is 50.7 Å². The van der Waals surface area contributed by atoms with E-state index in [-0.39, 0.29) is 16.7 Å². The van der Waals surface area contributed by atoms with Gasteiger partial charge in [-0.2, -0.15) is 14.0 Å². The molecule has 40 heavy (non-hydrogen) atoms. The summed E-state index contributed by atoms with van der Waals surface area (Å²) in [6.07, 6.45) is 4.41. The molecule has 1 saturated carbocycles. The number of aliphatic imine (C=N–C) groups is 1. The molecule has 1 aromatic heterocycles. The average Bonchev–Trinajstić information content (AvgIpc) is 3.52. The Morgan fingerprint density at radius 1 is 1.40 bits per heavy atom. The summed E-state index contributed by atoms with van der Waals surface area (Å²) < 4.78 is 29.8. The molecule has 0 radical (unpaired) electrons. The van der Waals surface area contributed by atoms with Crippen molar-refractivity contribution in [2.45, 2.75) is 66.0 Å². The first-order valence-electron chi connectivity index (χ1n) is 13.1. The summed E-state index contributed by atoms with van der Waals surface area (Å²) in [5.41, 5.74) is 8.30. The highest BCUT2D eigenvalue weighted by Gasteiger charge is 2.48. The second-order valence-electron chi connectivity index (χ2n) is 11.6. The highest BCUT2D eigenvalue weighted by Crippen LogP contribution is 2.44. The number of hydrazine groups is 2. The van der Waals surface area contributed by atoms with Crippen LogP contribution in [0.1, 0.15) is 59.9 Å². The van der Waals surface area contributed by atoms with E-state index in [1.165, 1.54) is 24.2 Å². The van der Waals surface area contributed by atoms with Gasteiger partial charge in [-0.3, -0.25) is 9.99 Å². The average molecular weight is 569 g/mol. The van der Waals surface area contributed by atoms with Gasteiger partial charge in [0.1, 0.15) is 11.8 Å². The molecule has 2 aromatic rings. The zero-order valence-corrected chi connectivity index (χ0v) is 24.4. The molecular weight excluding hydrogens is 534 g/mol. The van der Waals surface area contributed by atoms with Crippen molar-refractivity contribution >= 4 is 39.6 Å². The molecule has 4 N–H and O–H groups in total. The van der Waals surface area contributed by atoms with E-state index >= 15 is 4.39 Å². The molecule has 1 atom stereocenters. The summed E-state index contributed by atoms with van der Waals surface area (Å²) in [5.74, 6) is -1.17. The van der Waals surface area contributed by atoms with Crippen molar-refractivity contribution < 1.29 is 8.78 Å². The summed E-state index contributed by atoms with van der Waals surface area (Å²) in [6, 6.07) is 4.82. The predicted octanol–water partition coefficient (Wildman–Crippen LogP) is 6.86. The van der Waals surface area contributed by atoms with Gasteiger partial charge in [-0.25, -0.2) is 4.99 Å². The number of hydrogen-bond acceptors (Lipinski definition) is 8. The van der Waals surface area contributed by atoms with Crippen LogP contribution in [0.5, 0.6) is 0 Å². The molecule has 2 heterocycles. The Morgan fingerprint density at radius 2 is 2.10 bits per heavy atom. The summed E-state index contributed by atoms with van der Waals surface area (Å²) in [5, 5.41) is 18.9. The van der Waals surface area contributed by atoms with Crippen LogP contribution < -0.4 is 21.6 Å². The largest absolute Gasteiger partial charge is 0.383 e. The number of anilines is 2. The van der Waals surface area contributed by atoms with Crippen LogP contribution in [0.15, 0.2) is 59.1 Å². The first kappa shape index (κ1) is 29.3. The monoisotopic (exact) mass is 568 g/mol. The summed E-state index contributed by atoms with van der Waals surface area (Å²) in [4.78, 5) is 8.38. The fourth-order valence-electron chi connectivity index (χ4n) is 4.28. The third-order valence-electron chi connectivity index (χ3n) is 7.00. The van der Waals surface area contributed by atoms with Crippen LogP contribution in [0.4, 0.5) is 20.2 Å². The van der Waals surface area contributed by atoms with Crippen molar-refractivity contribution in [2.24, 2.45) is 10.4 Å². The van der Waals surface area contributed by atoms with E-state index < -0.39 is 17.9 Å². The van der Waals surface area contributed by atoms with Crippen LogP contribution >= 0.6 is 11.6 Å². The van der Waals surface area contributed by atoms with Gasteiger partial charge in [-0.1, -0.05) is 39.0 Å². The highest BCUT2D eigenvalue weighted by atomic mass is 35.5. The number of nitriles is 1. The third kappa shape index (κ3) is 6.06. The summed E-state index contributed by atoms with van der Waals surface area (Å²) >= 11 is 6.67. The summed E-state index contributed by atoms with van der Waals surface area (Å²) in [7, 11) is 0. The molecular formula is C29H35ClF2N8. The van der Waals surface area contributed by atoms with E-state index in [2.05, 4.69) is 65.0 Å². The first-order valence-corrected chi connectivity index (χ1v) is 13.5. The Bertz CT molecular complexity index is 1480. The van der Waals surface area contributed by atoms with E-state index in [4.69, 9.17) is 11.6 Å². The molecule has 8 nitrogen and oxygen atoms in total. The van der Waals surface area contributed by atoms with E-state index in [1.54, 1.807) is 19.1 Å². The molecule has 11 heteroatoms. The minimum Gasteiger partial charge on any atom is -0.383 e. The number of allylic oxidation sites excluding steroid dienone is 1. The second-order valence-corrected chi connectivity index (χ2v) is 12.0. The SMILES string of the molecule is C=C(/C(C)=N\C(F)=C/C)[C@H](Nc1cc(Cl)c2ncc(C#N)c(NCC(C)(C)C)c2c1)C1=C(F)N(C2(C)CC2)NN1. The lowest BCUT2D eigenvalue weighted by Crippen LogP contribution is -2.45. The van der Waals surface area contributed by atoms with Crippen molar-refractivity contribution in [2.75, 3.05) is 17.2 Å². The number of pyridine rings is 1. The van der Waals surface area contributed by atoms with E-state index in [9.17, 15) is 9.65 Å². The molecule has 0 spiro atoms. The van der Waals surface area contributed by atoms with Gasteiger partial charge >= 0.3 is 0 Å². The minimum atomic E-state index is -0.861. The number of benzene rings is 1. The van der Waals surface area contributed by atoms with Gasteiger partial charge in [-0.05, 0) is 62.8 Å². The predicted molar refractivity (Wildman–Crippen MR) is 158 cm³/mol. The number of aromatic nitrogens is 1. The standard InChI is InChI=1S/C29H35ClF2N8/c1-8-22(31)36-17(3)16(2)23(26-27(32)40(39-38-26)29(7)9-10-29)37-19-11-20-24(35-15-28(4,5)6)18(13-33)14-34-25(20)21(30)12-19/h8,11-12,14,23,37-39H,2,9-10,15H2,1,3-7H3,(H,34,35)/b22-8-,36-17-/t23-/m0/s1. The maximum Gasteiger partial charge on any atom is 0.228 e. The second kappa shape index (κ2) is 11.1. The number of hydrogen-bond donors (Lipinski definition) is 4. The number of nitrogens with zero attached hydrogens (tertiary/aromatic N) is 4. The van der Waals surface area contributed by atoms with Crippen LogP contribution in [0.25, 0.3) is 10.9 Å². The van der Waals surface area contributed by atoms with Crippen molar-refractivity contribution in [3.8, 4) is 6.07 Å². The number of fused-ring (bicyclic) bond motifs is 1. The number of nitrogens with one attached hydrogen (secondary N) is 4. The van der Waals surface area contributed by atoms with E-state index in [1.807, 2.05) is 6.92 Å². The Kier molecular flexibility index (Phi) is 8.11. The van der Waals surface area contributed by atoms with Crippen LogP contribution in [0.3, 0.4) is 0 Å². The van der Waals surface area contributed by atoms with Gasteiger partial charge in [0.2, 0.25) is 11.9 Å². The molecule has 212 valence electrons. The summed E-state index contributed by atoms with van der Waals surface area (Å²) in [6.45, 7) is 16.1. The lowest BCUT2D eigenvalue weighted by Gasteiger charge is -2.24. The zero-order valence-electron chi connectivity index (χ0n) is 23.6. The van der Waals surface area contributed by atoms with Gasteiger partial charge in [-0.15, -0.1) is 5.53 Å².